The molecular formula is C21H23F3N2O2. The molecule has 0 aromatic heterocycles. The Hall–Kier alpha value is -1.76. The van der Waals surface area contributed by atoms with Crippen LogP contribution in [0.2, 0.25) is 0 Å². The Kier molecular flexibility index (Phi) is 3.08. The number of alkyl halides is 3. The standard InChI is InChI=1S/C21H23F3N2O2/c22-21(23,24)18(28)26-10-12-9-19-4-3-15(26)17(12)20(19)5-6-25-16(19)7-11-1-2-13(27)8-14(11)20/h1-2,8,12,15-17,25,27H,3-7,9-10H2/t12-,15?,16?,17?,19?,20?/m1/s1. The molecule has 5 unspecified atom stereocenters. The summed E-state index contributed by atoms with van der Waals surface area (Å²) < 4.78 is 39.7. The summed E-state index contributed by atoms with van der Waals surface area (Å²) in [5.41, 5.74) is 2.14. The summed E-state index contributed by atoms with van der Waals surface area (Å²) in [5.74, 6) is -1.29. The van der Waals surface area contributed by atoms with Gasteiger partial charge in [0.1, 0.15) is 5.75 Å². The quantitative estimate of drug-likeness (QED) is 0.714. The monoisotopic (exact) mass is 392 g/mol. The van der Waals surface area contributed by atoms with E-state index in [1.807, 2.05) is 12.1 Å². The SMILES string of the molecule is O=C(N1C[C@H]2CC34CCC1C2C31CCNC4Cc2ccc(O)cc21)C(F)(F)F. The smallest absolute Gasteiger partial charge is 0.471 e. The molecule has 150 valence electrons. The van der Waals surface area contributed by atoms with Gasteiger partial charge >= 0.3 is 12.1 Å². The van der Waals surface area contributed by atoms with Crippen molar-refractivity contribution in [1.82, 2.24) is 10.2 Å². The van der Waals surface area contributed by atoms with Gasteiger partial charge in [0, 0.05) is 24.0 Å². The number of rotatable bonds is 0. The molecule has 6 rings (SSSR count). The van der Waals surface area contributed by atoms with E-state index < -0.39 is 12.1 Å². The lowest BCUT2D eigenvalue weighted by molar-refractivity contribution is -0.189. The Labute approximate surface area is 161 Å². The first kappa shape index (κ1) is 17.1. The number of nitrogens with zero attached hydrogens (tertiary/aromatic N) is 1. The summed E-state index contributed by atoms with van der Waals surface area (Å²) in [5, 5.41) is 13.9. The van der Waals surface area contributed by atoms with Gasteiger partial charge in [-0.3, -0.25) is 4.79 Å². The summed E-state index contributed by atoms with van der Waals surface area (Å²) in [4.78, 5) is 13.3. The molecule has 2 saturated heterocycles. The van der Waals surface area contributed by atoms with Crippen molar-refractivity contribution in [3.05, 3.63) is 29.3 Å². The molecule has 7 heteroatoms. The molecule has 4 nitrogen and oxygen atoms in total. The molecule has 4 bridgehead atoms. The van der Waals surface area contributed by atoms with Gasteiger partial charge in [-0.1, -0.05) is 6.07 Å². The fraction of sp³-hybridized carbons (Fsp3) is 0.667. The van der Waals surface area contributed by atoms with Gasteiger partial charge in [-0.15, -0.1) is 0 Å². The van der Waals surface area contributed by atoms with Crippen LogP contribution in [0.25, 0.3) is 0 Å². The normalized spacial score (nSPS) is 42.9. The molecule has 1 aromatic carbocycles. The van der Waals surface area contributed by atoms with Crippen molar-refractivity contribution in [2.45, 2.75) is 55.8 Å². The number of fused-ring (bicyclic) bond motifs is 1. The van der Waals surface area contributed by atoms with E-state index in [0.717, 1.165) is 42.7 Å². The second-order valence-corrected chi connectivity index (χ2v) is 9.48. The van der Waals surface area contributed by atoms with E-state index in [9.17, 15) is 23.1 Å². The molecule has 3 aliphatic carbocycles. The van der Waals surface area contributed by atoms with Crippen molar-refractivity contribution in [3.8, 4) is 5.75 Å². The fourth-order valence-corrected chi connectivity index (χ4v) is 8.29. The average molecular weight is 392 g/mol. The molecular weight excluding hydrogens is 369 g/mol. The van der Waals surface area contributed by atoms with E-state index in [-0.39, 0.29) is 41.0 Å². The summed E-state index contributed by atoms with van der Waals surface area (Å²) >= 11 is 0. The third kappa shape index (κ3) is 1.76. The largest absolute Gasteiger partial charge is 0.508 e. The van der Waals surface area contributed by atoms with Gasteiger partial charge in [0.2, 0.25) is 0 Å². The summed E-state index contributed by atoms with van der Waals surface area (Å²) in [7, 11) is 0. The van der Waals surface area contributed by atoms with Crippen LogP contribution in [0.1, 0.15) is 36.8 Å². The molecule has 2 heterocycles. The number of hydrogen-bond donors (Lipinski definition) is 2. The number of carbonyl (C=O) groups is 1. The number of phenols is 1. The highest BCUT2D eigenvalue weighted by Crippen LogP contribution is 2.74. The van der Waals surface area contributed by atoms with Crippen LogP contribution >= 0.6 is 0 Å². The maximum absolute atomic E-state index is 13.2. The topological polar surface area (TPSA) is 52.6 Å². The zero-order valence-electron chi connectivity index (χ0n) is 15.4. The molecule has 2 saturated carbocycles. The van der Waals surface area contributed by atoms with E-state index in [1.165, 1.54) is 5.56 Å². The van der Waals surface area contributed by atoms with E-state index in [4.69, 9.17) is 0 Å². The van der Waals surface area contributed by atoms with E-state index in [2.05, 4.69) is 5.32 Å². The molecule has 2 N–H and O–H groups in total. The first-order chi connectivity index (χ1) is 13.3. The van der Waals surface area contributed by atoms with Crippen molar-refractivity contribution in [2.24, 2.45) is 17.3 Å². The first-order valence-electron chi connectivity index (χ1n) is 10.2. The van der Waals surface area contributed by atoms with Gasteiger partial charge in [0.15, 0.2) is 0 Å². The predicted molar refractivity (Wildman–Crippen MR) is 94.7 cm³/mol. The summed E-state index contributed by atoms with van der Waals surface area (Å²) in [6, 6.07) is 5.54. The number of carbonyl (C=O) groups excluding carboxylic acids is 1. The van der Waals surface area contributed by atoms with Crippen molar-refractivity contribution < 1.29 is 23.1 Å². The summed E-state index contributed by atoms with van der Waals surface area (Å²) in [6.45, 7) is 1.06. The third-order valence-electron chi connectivity index (χ3n) is 8.80. The number of amides is 1. The van der Waals surface area contributed by atoms with Gasteiger partial charge in [-0.25, -0.2) is 0 Å². The van der Waals surface area contributed by atoms with Crippen molar-refractivity contribution in [3.63, 3.8) is 0 Å². The molecule has 1 aromatic rings. The molecule has 0 radical (unpaired) electrons. The molecule has 28 heavy (non-hydrogen) atoms. The number of piperidine rings is 1. The number of nitrogens with one attached hydrogen (secondary N) is 1. The number of aromatic hydroxyl groups is 1. The lowest BCUT2D eigenvalue weighted by Crippen LogP contribution is -2.69. The zero-order chi connectivity index (χ0) is 19.5. The lowest BCUT2D eigenvalue weighted by atomic mass is 9.44. The van der Waals surface area contributed by atoms with Crippen LogP contribution in [0.3, 0.4) is 0 Å². The number of benzene rings is 1. The lowest BCUT2D eigenvalue weighted by Gasteiger charge is -2.64. The second kappa shape index (κ2) is 5.04. The maximum Gasteiger partial charge on any atom is 0.471 e. The number of likely N-dealkylation sites (tertiary alicyclic amines) is 1. The maximum atomic E-state index is 13.2. The predicted octanol–water partition coefficient (Wildman–Crippen LogP) is 2.74. The Balaban J connectivity index is 1.53. The number of halogens is 3. The summed E-state index contributed by atoms with van der Waals surface area (Å²) in [6.07, 6.45) is -0.665. The van der Waals surface area contributed by atoms with Crippen LogP contribution in [-0.2, 0) is 16.6 Å². The number of hydrogen-bond acceptors (Lipinski definition) is 3. The Morgan fingerprint density at radius 2 is 2.11 bits per heavy atom. The van der Waals surface area contributed by atoms with E-state index >= 15 is 0 Å². The minimum atomic E-state index is -4.82. The van der Waals surface area contributed by atoms with Gasteiger partial charge in [0.25, 0.3) is 0 Å². The molecule has 1 amide bonds. The van der Waals surface area contributed by atoms with Gasteiger partial charge in [0.05, 0.1) is 0 Å². The van der Waals surface area contributed by atoms with Crippen LogP contribution in [0.4, 0.5) is 13.2 Å². The first-order valence-corrected chi connectivity index (χ1v) is 10.2. The van der Waals surface area contributed by atoms with Crippen molar-refractivity contribution >= 4 is 5.91 Å². The number of phenolic OH excluding ortho intramolecular Hbond substituents is 1. The molecule has 2 aliphatic heterocycles. The van der Waals surface area contributed by atoms with Gasteiger partial charge in [-0.2, -0.15) is 13.2 Å². The van der Waals surface area contributed by atoms with Crippen LogP contribution < -0.4 is 5.32 Å². The Morgan fingerprint density at radius 1 is 1.29 bits per heavy atom. The zero-order valence-corrected chi connectivity index (χ0v) is 15.4. The minimum absolute atomic E-state index is 0.0330. The average Bonchev–Trinajstić information content (AvgIpc) is 3.07. The van der Waals surface area contributed by atoms with Crippen LogP contribution in [0, 0.1) is 17.3 Å². The van der Waals surface area contributed by atoms with Gasteiger partial charge in [-0.05, 0) is 79.2 Å². The Morgan fingerprint density at radius 3 is 2.89 bits per heavy atom. The molecule has 4 fully saturated rings. The third-order valence-corrected chi connectivity index (χ3v) is 8.80. The van der Waals surface area contributed by atoms with Crippen LogP contribution in [-0.4, -0.2) is 47.3 Å². The molecule has 6 atom stereocenters. The van der Waals surface area contributed by atoms with Crippen LogP contribution in [0.5, 0.6) is 5.75 Å². The van der Waals surface area contributed by atoms with Crippen molar-refractivity contribution in [1.29, 1.82) is 0 Å². The molecule has 0 spiro atoms. The van der Waals surface area contributed by atoms with E-state index in [0.29, 0.717) is 12.5 Å². The highest BCUT2D eigenvalue weighted by Gasteiger charge is 2.75. The second-order valence-electron chi connectivity index (χ2n) is 9.48. The highest BCUT2D eigenvalue weighted by atomic mass is 19.4. The molecule has 5 aliphatic rings. The van der Waals surface area contributed by atoms with Crippen molar-refractivity contribution in [2.75, 3.05) is 13.1 Å². The van der Waals surface area contributed by atoms with E-state index in [1.54, 1.807) is 6.07 Å². The Bertz CT molecular complexity index is 887. The minimum Gasteiger partial charge on any atom is -0.508 e. The fourth-order valence-electron chi connectivity index (χ4n) is 8.29. The highest BCUT2D eigenvalue weighted by molar-refractivity contribution is 5.82. The van der Waals surface area contributed by atoms with Gasteiger partial charge < -0.3 is 15.3 Å². The van der Waals surface area contributed by atoms with Crippen LogP contribution in [0.15, 0.2) is 18.2 Å².